The number of hydrogen-bond acceptors (Lipinski definition) is 5. The van der Waals surface area contributed by atoms with Gasteiger partial charge in [0, 0.05) is 43.0 Å². The first-order chi connectivity index (χ1) is 12.0. The van der Waals surface area contributed by atoms with Crippen molar-refractivity contribution in [3.8, 4) is 0 Å². The van der Waals surface area contributed by atoms with E-state index in [1.807, 2.05) is 30.3 Å². The van der Waals surface area contributed by atoms with Crippen LogP contribution in [-0.4, -0.2) is 42.8 Å². The number of piperazine rings is 1. The second-order valence-corrected chi connectivity index (χ2v) is 8.25. The number of non-ortho nitro benzene ring substituents is 1. The van der Waals surface area contributed by atoms with Crippen molar-refractivity contribution in [2.45, 2.75) is 23.4 Å². The zero-order chi connectivity index (χ0) is 17.6. The molecule has 2 aromatic carbocycles. The number of nitro groups is 1. The lowest BCUT2D eigenvalue weighted by atomic mass is 10.2. The van der Waals surface area contributed by atoms with Gasteiger partial charge < -0.3 is 4.90 Å². The molecule has 7 nitrogen and oxygen atoms in total. The van der Waals surface area contributed by atoms with Crippen molar-refractivity contribution in [2.75, 3.05) is 18.0 Å². The Morgan fingerprint density at radius 2 is 1.76 bits per heavy atom. The lowest BCUT2D eigenvalue weighted by molar-refractivity contribution is -0.385. The van der Waals surface area contributed by atoms with Crippen molar-refractivity contribution in [3.63, 3.8) is 0 Å². The maximum absolute atomic E-state index is 12.9. The van der Waals surface area contributed by atoms with Gasteiger partial charge in [0.25, 0.3) is 5.69 Å². The van der Waals surface area contributed by atoms with E-state index in [9.17, 15) is 18.5 Å². The molecule has 2 saturated heterocycles. The van der Waals surface area contributed by atoms with Crippen molar-refractivity contribution in [2.24, 2.45) is 0 Å². The predicted molar refractivity (Wildman–Crippen MR) is 93.0 cm³/mol. The molecule has 2 fully saturated rings. The smallest absolute Gasteiger partial charge is 0.270 e. The van der Waals surface area contributed by atoms with Crippen molar-refractivity contribution in [1.29, 1.82) is 0 Å². The predicted octanol–water partition coefficient (Wildman–Crippen LogP) is 2.25. The maximum atomic E-state index is 12.9. The molecule has 2 unspecified atom stereocenters. The van der Waals surface area contributed by atoms with Crippen LogP contribution in [0, 0.1) is 10.1 Å². The Kier molecular flexibility index (Phi) is 3.73. The third-order valence-electron chi connectivity index (χ3n) is 4.91. The van der Waals surface area contributed by atoms with E-state index < -0.39 is 14.9 Å². The monoisotopic (exact) mass is 359 g/mol. The molecule has 0 saturated carbocycles. The summed E-state index contributed by atoms with van der Waals surface area (Å²) in [4.78, 5) is 12.6. The molecule has 0 N–H and O–H groups in total. The number of benzene rings is 2. The summed E-state index contributed by atoms with van der Waals surface area (Å²) in [5, 5.41) is 10.9. The van der Waals surface area contributed by atoms with Crippen LogP contribution in [-0.2, 0) is 10.0 Å². The Labute approximate surface area is 145 Å². The number of anilines is 1. The second-order valence-electron chi connectivity index (χ2n) is 6.36. The van der Waals surface area contributed by atoms with Crippen LogP contribution < -0.4 is 4.90 Å². The summed E-state index contributed by atoms with van der Waals surface area (Å²) < 4.78 is 27.4. The quantitative estimate of drug-likeness (QED) is 0.617. The molecule has 2 atom stereocenters. The Morgan fingerprint density at radius 3 is 2.40 bits per heavy atom. The largest absolute Gasteiger partial charge is 0.366 e. The summed E-state index contributed by atoms with van der Waals surface area (Å²) in [5.41, 5.74) is 0.888. The van der Waals surface area contributed by atoms with E-state index in [0.29, 0.717) is 13.1 Å². The molecule has 130 valence electrons. The van der Waals surface area contributed by atoms with Gasteiger partial charge in [-0.05, 0) is 24.6 Å². The summed E-state index contributed by atoms with van der Waals surface area (Å²) in [6.07, 6.45) is 0.781. The minimum Gasteiger partial charge on any atom is -0.366 e. The fourth-order valence-corrected chi connectivity index (χ4v) is 5.46. The lowest BCUT2D eigenvalue weighted by Gasteiger charge is -2.34. The summed E-state index contributed by atoms with van der Waals surface area (Å²) in [6, 6.07) is 15.3. The highest BCUT2D eigenvalue weighted by molar-refractivity contribution is 7.89. The van der Waals surface area contributed by atoms with Gasteiger partial charge in [-0.2, -0.15) is 4.31 Å². The van der Waals surface area contributed by atoms with Crippen molar-refractivity contribution < 1.29 is 13.3 Å². The summed E-state index contributed by atoms with van der Waals surface area (Å²) in [6.45, 7) is 1.05. The zero-order valence-electron chi connectivity index (χ0n) is 13.4. The fraction of sp³-hybridized carbons (Fsp3) is 0.294. The summed E-state index contributed by atoms with van der Waals surface area (Å²) >= 11 is 0. The van der Waals surface area contributed by atoms with Gasteiger partial charge in [-0.1, -0.05) is 24.3 Å². The summed E-state index contributed by atoms with van der Waals surface area (Å²) in [5.74, 6) is 0. The van der Waals surface area contributed by atoms with Crippen molar-refractivity contribution in [1.82, 2.24) is 4.31 Å². The molecular formula is C17H17N3O4S. The maximum Gasteiger partial charge on any atom is 0.270 e. The topological polar surface area (TPSA) is 83.8 Å². The molecule has 2 aliphatic rings. The minimum atomic E-state index is -3.73. The van der Waals surface area contributed by atoms with Crippen LogP contribution in [0.3, 0.4) is 0 Å². The number of rotatable bonds is 4. The molecule has 2 aromatic rings. The highest BCUT2D eigenvalue weighted by Crippen LogP contribution is 2.37. The van der Waals surface area contributed by atoms with Crippen LogP contribution in [0.5, 0.6) is 0 Å². The van der Waals surface area contributed by atoms with E-state index >= 15 is 0 Å². The van der Waals surface area contributed by atoms with Gasteiger partial charge in [-0.15, -0.1) is 0 Å². The molecule has 0 radical (unpaired) electrons. The van der Waals surface area contributed by atoms with Gasteiger partial charge in [0.2, 0.25) is 10.0 Å². The number of hydrogen-bond donors (Lipinski definition) is 0. The standard InChI is InChI=1S/C17H17N3O4S/c21-20(22)14-7-4-8-17(10-14)25(23,24)19-12-15-9-16(19)11-18(15)13-5-2-1-3-6-13/h1-8,10,15-16H,9,11-12H2. The van der Waals surface area contributed by atoms with E-state index in [-0.39, 0.29) is 22.7 Å². The highest BCUT2D eigenvalue weighted by atomic mass is 32.2. The van der Waals surface area contributed by atoms with E-state index in [1.165, 1.54) is 22.5 Å². The molecule has 0 aromatic heterocycles. The van der Waals surface area contributed by atoms with Gasteiger partial charge in [0.15, 0.2) is 0 Å². The molecule has 8 heteroatoms. The SMILES string of the molecule is O=[N+]([O-])c1cccc(S(=O)(=O)N2CC3CC2CN3c2ccccc2)c1. The molecule has 2 aliphatic heterocycles. The number of nitrogens with zero attached hydrogens (tertiary/aromatic N) is 3. The van der Waals surface area contributed by atoms with E-state index in [2.05, 4.69) is 4.90 Å². The zero-order valence-corrected chi connectivity index (χ0v) is 14.2. The average Bonchev–Trinajstić information content (AvgIpc) is 3.23. The third kappa shape index (κ3) is 2.67. The Balaban J connectivity index is 1.59. The van der Waals surface area contributed by atoms with Crippen molar-refractivity contribution >= 4 is 21.4 Å². The van der Waals surface area contributed by atoms with E-state index in [1.54, 1.807) is 0 Å². The number of nitro benzene ring substituents is 1. The Morgan fingerprint density at radius 1 is 1.00 bits per heavy atom. The third-order valence-corrected chi connectivity index (χ3v) is 6.83. The molecule has 4 rings (SSSR count). The normalized spacial score (nSPS) is 23.1. The lowest BCUT2D eigenvalue weighted by Crippen LogP contribution is -2.48. The van der Waals surface area contributed by atoms with Gasteiger partial charge in [0.1, 0.15) is 0 Å². The molecule has 0 spiro atoms. The number of fused-ring (bicyclic) bond motifs is 2. The van der Waals surface area contributed by atoms with Crippen LogP contribution in [0.1, 0.15) is 6.42 Å². The molecule has 0 aliphatic carbocycles. The number of para-hydroxylation sites is 1. The first kappa shape index (κ1) is 16.0. The fourth-order valence-electron chi connectivity index (χ4n) is 3.75. The molecule has 25 heavy (non-hydrogen) atoms. The Bertz CT molecular complexity index is 917. The second kappa shape index (κ2) is 5.82. The molecule has 2 heterocycles. The van der Waals surface area contributed by atoms with Crippen LogP contribution in [0.15, 0.2) is 59.5 Å². The van der Waals surface area contributed by atoms with Gasteiger partial charge in [0.05, 0.1) is 9.82 Å². The molecular weight excluding hydrogens is 342 g/mol. The first-order valence-electron chi connectivity index (χ1n) is 8.05. The van der Waals surface area contributed by atoms with Gasteiger partial charge >= 0.3 is 0 Å². The molecule has 0 amide bonds. The van der Waals surface area contributed by atoms with E-state index in [0.717, 1.165) is 18.2 Å². The van der Waals surface area contributed by atoms with Crippen LogP contribution in [0.25, 0.3) is 0 Å². The Hall–Kier alpha value is -2.45. The summed E-state index contributed by atoms with van der Waals surface area (Å²) in [7, 11) is -3.73. The van der Waals surface area contributed by atoms with Crippen LogP contribution in [0.4, 0.5) is 11.4 Å². The van der Waals surface area contributed by atoms with E-state index in [4.69, 9.17) is 0 Å². The van der Waals surface area contributed by atoms with Gasteiger partial charge in [-0.25, -0.2) is 8.42 Å². The van der Waals surface area contributed by atoms with Crippen LogP contribution >= 0.6 is 0 Å². The first-order valence-corrected chi connectivity index (χ1v) is 9.49. The average molecular weight is 359 g/mol. The number of sulfonamides is 1. The van der Waals surface area contributed by atoms with Crippen molar-refractivity contribution in [3.05, 3.63) is 64.7 Å². The highest BCUT2D eigenvalue weighted by Gasteiger charge is 2.48. The van der Waals surface area contributed by atoms with Crippen LogP contribution in [0.2, 0.25) is 0 Å². The molecule has 2 bridgehead atoms. The van der Waals surface area contributed by atoms with Gasteiger partial charge in [-0.3, -0.25) is 10.1 Å². The minimum absolute atomic E-state index is 0.0134.